The standard InChI is InChI=1S/C12H10ClNO2/c13-9-6-14-10-7(9)2-1-3-8(10)12(4-5-12)11(15)16/h1-3,6,14H,4-5H2,(H,15,16). The second-order valence-electron chi connectivity index (χ2n) is 4.25. The van der Waals surface area contributed by atoms with Crippen molar-refractivity contribution in [1.82, 2.24) is 4.98 Å². The van der Waals surface area contributed by atoms with Gasteiger partial charge in [0.05, 0.1) is 16.0 Å². The van der Waals surface area contributed by atoms with Crippen LogP contribution in [0.4, 0.5) is 0 Å². The molecule has 0 aliphatic heterocycles. The Kier molecular flexibility index (Phi) is 1.83. The normalized spacial score (nSPS) is 17.6. The van der Waals surface area contributed by atoms with Crippen LogP contribution in [-0.4, -0.2) is 16.1 Å². The lowest BCUT2D eigenvalue weighted by Crippen LogP contribution is -2.19. The number of aromatic amines is 1. The minimum absolute atomic E-state index is 0.637. The van der Waals surface area contributed by atoms with Crippen LogP contribution in [0.25, 0.3) is 10.9 Å². The summed E-state index contributed by atoms with van der Waals surface area (Å²) < 4.78 is 0. The zero-order valence-electron chi connectivity index (χ0n) is 8.46. The monoisotopic (exact) mass is 235 g/mol. The summed E-state index contributed by atoms with van der Waals surface area (Å²) in [5.41, 5.74) is 1.02. The number of halogens is 1. The summed E-state index contributed by atoms with van der Waals surface area (Å²) in [6, 6.07) is 5.63. The molecule has 0 radical (unpaired) electrons. The van der Waals surface area contributed by atoms with Gasteiger partial charge in [-0.2, -0.15) is 0 Å². The van der Waals surface area contributed by atoms with Gasteiger partial charge < -0.3 is 10.1 Å². The lowest BCUT2D eigenvalue weighted by atomic mass is 9.94. The second kappa shape index (κ2) is 3.01. The Balaban J connectivity index is 2.29. The molecule has 0 unspecified atom stereocenters. The third kappa shape index (κ3) is 1.12. The number of carbonyl (C=O) groups is 1. The third-order valence-electron chi connectivity index (χ3n) is 3.34. The van der Waals surface area contributed by atoms with Gasteiger partial charge in [0.25, 0.3) is 0 Å². The molecule has 16 heavy (non-hydrogen) atoms. The molecular formula is C12H10ClNO2. The number of carboxylic acid groups (broad SMARTS) is 1. The van der Waals surface area contributed by atoms with Gasteiger partial charge in [-0.3, -0.25) is 4.79 Å². The third-order valence-corrected chi connectivity index (χ3v) is 3.65. The molecule has 0 spiro atoms. The molecule has 1 saturated carbocycles. The highest BCUT2D eigenvalue weighted by atomic mass is 35.5. The predicted molar refractivity (Wildman–Crippen MR) is 61.9 cm³/mol. The van der Waals surface area contributed by atoms with Crippen molar-refractivity contribution in [3.63, 3.8) is 0 Å². The molecule has 3 rings (SSSR count). The van der Waals surface area contributed by atoms with Crippen LogP contribution in [0.15, 0.2) is 24.4 Å². The van der Waals surface area contributed by atoms with Crippen LogP contribution in [0.2, 0.25) is 5.02 Å². The van der Waals surface area contributed by atoms with Crippen molar-refractivity contribution < 1.29 is 9.90 Å². The van der Waals surface area contributed by atoms with E-state index in [0.717, 1.165) is 16.5 Å². The highest BCUT2D eigenvalue weighted by Gasteiger charge is 2.52. The van der Waals surface area contributed by atoms with Crippen LogP contribution in [0, 0.1) is 0 Å². The van der Waals surface area contributed by atoms with Crippen LogP contribution < -0.4 is 0 Å². The summed E-state index contributed by atoms with van der Waals surface area (Å²) in [6.45, 7) is 0. The highest BCUT2D eigenvalue weighted by molar-refractivity contribution is 6.35. The van der Waals surface area contributed by atoms with Gasteiger partial charge in [-0.15, -0.1) is 0 Å². The predicted octanol–water partition coefficient (Wildman–Crippen LogP) is 2.94. The molecule has 82 valence electrons. The van der Waals surface area contributed by atoms with Crippen molar-refractivity contribution in [2.45, 2.75) is 18.3 Å². The van der Waals surface area contributed by atoms with Crippen molar-refractivity contribution in [3.8, 4) is 0 Å². The molecule has 1 aromatic carbocycles. The molecule has 0 bridgehead atoms. The molecule has 0 atom stereocenters. The number of fused-ring (bicyclic) bond motifs is 1. The van der Waals surface area contributed by atoms with Gasteiger partial charge in [0.1, 0.15) is 0 Å². The topological polar surface area (TPSA) is 53.1 Å². The van der Waals surface area contributed by atoms with E-state index in [0.29, 0.717) is 17.9 Å². The number of hydrogen-bond donors (Lipinski definition) is 2. The number of benzene rings is 1. The Labute approximate surface area is 97.0 Å². The van der Waals surface area contributed by atoms with Gasteiger partial charge in [-0.25, -0.2) is 0 Å². The number of rotatable bonds is 2. The molecule has 1 fully saturated rings. The van der Waals surface area contributed by atoms with Gasteiger partial charge in [0.15, 0.2) is 0 Å². The molecule has 0 amide bonds. The lowest BCUT2D eigenvalue weighted by molar-refractivity contribution is -0.140. The molecule has 4 heteroatoms. The van der Waals surface area contributed by atoms with Crippen molar-refractivity contribution in [2.75, 3.05) is 0 Å². The van der Waals surface area contributed by atoms with E-state index in [9.17, 15) is 9.90 Å². The van der Waals surface area contributed by atoms with Crippen molar-refractivity contribution >= 4 is 28.5 Å². The Morgan fingerprint density at radius 2 is 2.19 bits per heavy atom. The largest absolute Gasteiger partial charge is 0.481 e. The Morgan fingerprint density at radius 3 is 2.81 bits per heavy atom. The maximum atomic E-state index is 11.3. The Morgan fingerprint density at radius 1 is 1.44 bits per heavy atom. The molecule has 2 N–H and O–H groups in total. The minimum atomic E-state index is -0.745. The van der Waals surface area contributed by atoms with Crippen molar-refractivity contribution in [2.24, 2.45) is 0 Å². The summed E-state index contributed by atoms with van der Waals surface area (Å²) >= 11 is 6.02. The highest BCUT2D eigenvalue weighted by Crippen LogP contribution is 2.50. The first-order chi connectivity index (χ1) is 7.65. The van der Waals surface area contributed by atoms with Crippen molar-refractivity contribution in [3.05, 3.63) is 35.0 Å². The number of H-pyrrole nitrogens is 1. The van der Waals surface area contributed by atoms with E-state index >= 15 is 0 Å². The fraction of sp³-hybridized carbons (Fsp3) is 0.250. The lowest BCUT2D eigenvalue weighted by Gasteiger charge is -2.11. The summed E-state index contributed by atoms with van der Waals surface area (Å²) in [5.74, 6) is -0.745. The molecule has 1 aliphatic rings. The van der Waals surface area contributed by atoms with Crippen molar-refractivity contribution in [1.29, 1.82) is 0 Å². The maximum Gasteiger partial charge on any atom is 0.314 e. The molecule has 0 saturated heterocycles. The molecule has 3 nitrogen and oxygen atoms in total. The van der Waals surface area contributed by atoms with Gasteiger partial charge >= 0.3 is 5.97 Å². The Hall–Kier alpha value is -1.48. The molecule has 1 aromatic heterocycles. The molecule has 2 aromatic rings. The van der Waals surface area contributed by atoms with E-state index < -0.39 is 11.4 Å². The first kappa shape index (κ1) is 9.73. The zero-order valence-corrected chi connectivity index (χ0v) is 9.21. The Bertz CT molecular complexity index is 584. The van der Waals surface area contributed by atoms with Gasteiger partial charge in [0, 0.05) is 11.6 Å². The smallest absolute Gasteiger partial charge is 0.314 e. The average Bonchev–Trinajstić information content (AvgIpc) is 3.00. The number of nitrogens with one attached hydrogen (secondary N) is 1. The maximum absolute atomic E-state index is 11.3. The number of aliphatic carboxylic acids is 1. The summed E-state index contributed by atoms with van der Waals surface area (Å²) in [4.78, 5) is 14.3. The second-order valence-corrected chi connectivity index (χ2v) is 4.66. The van der Waals surface area contributed by atoms with Crippen LogP contribution in [0.1, 0.15) is 18.4 Å². The first-order valence-electron chi connectivity index (χ1n) is 5.15. The van der Waals surface area contributed by atoms with Gasteiger partial charge in [-0.05, 0) is 18.4 Å². The number of hydrogen-bond acceptors (Lipinski definition) is 1. The number of aromatic nitrogens is 1. The minimum Gasteiger partial charge on any atom is -0.481 e. The van der Waals surface area contributed by atoms with E-state index in [2.05, 4.69) is 4.98 Å². The fourth-order valence-corrected chi connectivity index (χ4v) is 2.45. The van der Waals surface area contributed by atoms with Crippen LogP contribution in [-0.2, 0) is 10.2 Å². The van der Waals surface area contributed by atoms with Gasteiger partial charge in [-0.1, -0.05) is 29.8 Å². The van der Waals surface area contributed by atoms with E-state index in [4.69, 9.17) is 11.6 Å². The molecule has 1 heterocycles. The SMILES string of the molecule is O=C(O)C1(c2cccc3c(Cl)c[nH]c23)CC1. The summed E-state index contributed by atoms with van der Waals surface area (Å²) in [7, 11) is 0. The average molecular weight is 236 g/mol. The molecular weight excluding hydrogens is 226 g/mol. The van der Waals surface area contributed by atoms with Crippen LogP contribution in [0.3, 0.4) is 0 Å². The van der Waals surface area contributed by atoms with E-state index in [1.54, 1.807) is 6.20 Å². The fourth-order valence-electron chi connectivity index (χ4n) is 2.24. The summed E-state index contributed by atoms with van der Waals surface area (Å²) in [6.07, 6.45) is 3.11. The number of carboxylic acids is 1. The number of para-hydroxylation sites is 1. The van der Waals surface area contributed by atoms with Gasteiger partial charge in [0.2, 0.25) is 0 Å². The molecule has 1 aliphatic carbocycles. The first-order valence-corrected chi connectivity index (χ1v) is 5.52. The quantitative estimate of drug-likeness (QED) is 0.841. The summed E-state index contributed by atoms with van der Waals surface area (Å²) in [5, 5.41) is 10.8. The van der Waals surface area contributed by atoms with E-state index in [1.165, 1.54) is 0 Å². The van der Waals surface area contributed by atoms with Crippen LogP contribution in [0.5, 0.6) is 0 Å². The zero-order chi connectivity index (χ0) is 11.3. The van der Waals surface area contributed by atoms with E-state index in [1.807, 2.05) is 18.2 Å². The van der Waals surface area contributed by atoms with E-state index in [-0.39, 0.29) is 0 Å². The van der Waals surface area contributed by atoms with Crippen LogP contribution >= 0.6 is 11.6 Å².